The molecule has 0 radical (unpaired) electrons. The Hall–Kier alpha value is -0.163. The lowest BCUT2D eigenvalue weighted by molar-refractivity contribution is 0.281. The van der Waals surface area contributed by atoms with E-state index in [1.165, 1.54) is 0 Å². The zero-order valence-corrected chi connectivity index (χ0v) is 8.40. The molecule has 0 rings (SSSR count). The van der Waals surface area contributed by atoms with Gasteiger partial charge >= 0.3 is 9.28 Å². The van der Waals surface area contributed by atoms with Crippen LogP contribution in [0.2, 0.25) is 6.04 Å². The normalized spacial score (nSPS) is 11.6. The van der Waals surface area contributed by atoms with Gasteiger partial charge in [-0.2, -0.15) is 0 Å². The molecule has 0 amide bonds. The van der Waals surface area contributed by atoms with Crippen molar-refractivity contribution in [1.82, 2.24) is 0 Å². The van der Waals surface area contributed by atoms with Gasteiger partial charge in [-0.25, -0.2) is 0 Å². The summed E-state index contributed by atoms with van der Waals surface area (Å²) in [5, 5.41) is 0. The van der Waals surface area contributed by atoms with Crippen LogP contribution in [0.5, 0.6) is 0 Å². The van der Waals surface area contributed by atoms with Gasteiger partial charge in [0.25, 0.3) is 0 Å². The maximum absolute atomic E-state index is 5.31. The van der Waals surface area contributed by atoms with Crippen LogP contribution in [0.3, 0.4) is 0 Å². The van der Waals surface area contributed by atoms with E-state index < -0.39 is 9.28 Å². The monoisotopic (exact) mass is 175 g/mol. The maximum Gasteiger partial charge on any atom is 0.324 e. The fourth-order valence-electron chi connectivity index (χ4n) is 0.710. The van der Waals surface area contributed by atoms with Crippen molar-refractivity contribution in [2.24, 2.45) is 5.73 Å². The van der Waals surface area contributed by atoms with E-state index in [2.05, 4.69) is 12.2 Å². The average molecular weight is 175 g/mol. The van der Waals surface area contributed by atoms with Gasteiger partial charge in [0.2, 0.25) is 0 Å². The predicted octanol–water partition coefficient (Wildman–Crippen LogP) is 0.405. The number of hydrogen-bond acceptors (Lipinski definition) is 3. The first-order valence-electron chi connectivity index (χ1n) is 3.75. The summed E-state index contributed by atoms with van der Waals surface area (Å²) in [6.07, 6.45) is 5.09. The molecule has 0 aromatic rings. The van der Waals surface area contributed by atoms with E-state index in [1.807, 2.05) is 0 Å². The van der Waals surface area contributed by atoms with Crippen LogP contribution in [-0.2, 0) is 8.85 Å². The third kappa shape index (κ3) is 6.24. The molecule has 0 unspecified atom stereocenters. The molecule has 0 aliphatic heterocycles. The molecular formula is C7H17NO2Si. The summed E-state index contributed by atoms with van der Waals surface area (Å²) in [5.74, 6) is 0. The van der Waals surface area contributed by atoms with E-state index in [9.17, 15) is 0 Å². The summed E-state index contributed by atoms with van der Waals surface area (Å²) in [5.41, 5.74) is 5.31. The fraction of sp³-hybridized carbons (Fsp3) is 0.714. The van der Waals surface area contributed by atoms with Crippen molar-refractivity contribution >= 4 is 9.28 Å². The maximum atomic E-state index is 5.31. The standard InChI is InChI=1S/C7H17NO2Si/c1-9-11(10-2)7-5-3-4-6-8/h3,5,11H,4,6-8H2,1-2H3. The van der Waals surface area contributed by atoms with Crippen LogP contribution in [0.1, 0.15) is 6.42 Å². The Balaban J connectivity index is 3.33. The molecule has 3 nitrogen and oxygen atoms in total. The summed E-state index contributed by atoms with van der Waals surface area (Å²) in [4.78, 5) is 0. The summed E-state index contributed by atoms with van der Waals surface area (Å²) in [6.45, 7) is 0.711. The Kier molecular flexibility index (Phi) is 7.82. The predicted molar refractivity (Wildman–Crippen MR) is 48.8 cm³/mol. The molecule has 0 fully saturated rings. The first-order chi connectivity index (χ1) is 5.35. The molecule has 0 atom stereocenters. The first-order valence-corrected chi connectivity index (χ1v) is 5.51. The molecule has 0 aromatic carbocycles. The van der Waals surface area contributed by atoms with E-state index in [-0.39, 0.29) is 0 Å². The van der Waals surface area contributed by atoms with Gasteiger partial charge in [-0.15, -0.1) is 0 Å². The second-order valence-corrected chi connectivity index (χ2v) is 4.46. The van der Waals surface area contributed by atoms with Crippen LogP contribution in [0.4, 0.5) is 0 Å². The highest BCUT2D eigenvalue weighted by Crippen LogP contribution is 1.95. The van der Waals surface area contributed by atoms with Crippen LogP contribution in [0.25, 0.3) is 0 Å². The van der Waals surface area contributed by atoms with Gasteiger partial charge in [0.05, 0.1) is 0 Å². The minimum Gasteiger partial charge on any atom is -0.400 e. The van der Waals surface area contributed by atoms with E-state index in [1.54, 1.807) is 14.2 Å². The zero-order valence-electron chi connectivity index (χ0n) is 7.25. The van der Waals surface area contributed by atoms with E-state index >= 15 is 0 Å². The number of nitrogens with two attached hydrogens (primary N) is 1. The highest BCUT2D eigenvalue weighted by molar-refractivity contribution is 6.44. The minimum absolute atomic E-state index is 0.711. The van der Waals surface area contributed by atoms with Crippen molar-refractivity contribution in [3.63, 3.8) is 0 Å². The summed E-state index contributed by atoms with van der Waals surface area (Å²) in [7, 11) is 2.02. The Labute approximate surface area is 70.0 Å². The quantitative estimate of drug-likeness (QED) is 0.469. The molecule has 0 saturated carbocycles. The molecular weight excluding hydrogens is 158 g/mol. The van der Waals surface area contributed by atoms with Crippen LogP contribution in [0.15, 0.2) is 12.2 Å². The van der Waals surface area contributed by atoms with E-state index in [0.717, 1.165) is 12.5 Å². The van der Waals surface area contributed by atoms with Crippen LogP contribution < -0.4 is 5.73 Å². The SMILES string of the molecule is CO[SiH](CC=CCCN)OC. The van der Waals surface area contributed by atoms with Crippen LogP contribution in [-0.4, -0.2) is 30.0 Å². The third-order valence-corrected chi connectivity index (χ3v) is 3.06. The number of hydrogen-bond donors (Lipinski definition) is 1. The van der Waals surface area contributed by atoms with Crippen molar-refractivity contribution in [3.05, 3.63) is 12.2 Å². The topological polar surface area (TPSA) is 44.5 Å². The van der Waals surface area contributed by atoms with Gasteiger partial charge in [-0.05, 0) is 13.0 Å². The largest absolute Gasteiger partial charge is 0.400 e. The Bertz CT molecular complexity index is 105. The van der Waals surface area contributed by atoms with Crippen molar-refractivity contribution in [2.75, 3.05) is 20.8 Å². The molecule has 0 bridgehead atoms. The van der Waals surface area contributed by atoms with Gasteiger partial charge in [0.15, 0.2) is 0 Å². The molecule has 2 N–H and O–H groups in total. The number of rotatable bonds is 6. The Morgan fingerprint density at radius 1 is 1.27 bits per heavy atom. The zero-order chi connectivity index (χ0) is 8.53. The average Bonchev–Trinajstić information content (AvgIpc) is 2.05. The Morgan fingerprint density at radius 3 is 2.36 bits per heavy atom. The lowest BCUT2D eigenvalue weighted by Crippen LogP contribution is -2.17. The van der Waals surface area contributed by atoms with Crippen LogP contribution >= 0.6 is 0 Å². The van der Waals surface area contributed by atoms with Crippen LogP contribution in [0, 0.1) is 0 Å². The Morgan fingerprint density at radius 2 is 1.91 bits per heavy atom. The second-order valence-electron chi connectivity index (χ2n) is 2.19. The molecule has 66 valence electrons. The molecule has 11 heavy (non-hydrogen) atoms. The highest BCUT2D eigenvalue weighted by Gasteiger charge is 2.04. The second kappa shape index (κ2) is 7.94. The first kappa shape index (κ1) is 10.8. The van der Waals surface area contributed by atoms with Gasteiger partial charge in [-0.3, -0.25) is 0 Å². The summed E-state index contributed by atoms with van der Waals surface area (Å²) < 4.78 is 10.2. The summed E-state index contributed by atoms with van der Waals surface area (Å²) in [6, 6.07) is 0.924. The lowest BCUT2D eigenvalue weighted by Gasteiger charge is -2.06. The molecule has 4 heteroatoms. The van der Waals surface area contributed by atoms with Gasteiger partial charge in [0.1, 0.15) is 0 Å². The van der Waals surface area contributed by atoms with Crippen molar-refractivity contribution in [1.29, 1.82) is 0 Å². The molecule has 0 aliphatic rings. The van der Waals surface area contributed by atoms with Crippen molar-refractivity contribution in [2.45, 2.75) is 12.5 Å². The lowest BCUT2D eigenvalue weighted by atomic mass is 10.4. The van der Waals surface area contributed by atoms with Crippen molar-refractivity contribution in [3.8, 4) is 0 Å². The third-order valence-electron chi connectivity index (χ3n) is 1.35. The molecule has 0 spiro atoms. The van der Waals surface area contributed by atoms with Gasteiger partial charge in [0, 0.05) is 20.3 Å². The van der Waals surface area contributed by atoms with Gasteiger partial charge < -0.3 is 14.6 Å². The number of allylic oxidation sites excluding steroid dienone is 1. The summed E-state index contributed by atoms with van der Waals surface area (Å²) >= 11 is 0. The molecule has 0 saturated heterocycles. The fourth-order valence-corrected chi connectivity index (χ4v) is 1.70. The molecule has 0 aromatic heterocycles. The molecule has 0 heterocycles. The van der Waals surface area contributed by atoms with Crippen molar-refractivity contribution < 1.29 is 8.85 Å². The minimum atomic E-state index is -1.36. The van der Waals surface area contributed by atoms with E-state index in [4.69, 9.17) is 14.6 Å². The molecule has 0 aliphatic carbocycles. The van der Waals surface area contributed by atoms with E-state index in [0.29, 0.717) is 6.54 Å². The smallest absolute Gasteiger partial charge is 0.324 e. The highest BCUT2D eigenvalue weighted by atomic mass is 28.3. The van der Waals surface area contributed by atoms with Gasteiger partial charge in [-0.1, -0.05) is 12.2 Å².